The van der Waals surface area contributed by atoms with Crippen molar-refractivity contribution in [2.45, 2.75) is 45.8 Å². The van der Waals surface area contributed by atoms with Crippen LogP contribution in [-0.4, -0.2) is 36.0 Å². The number of ketones is 1. The summed E-state index contributed by atoms with van der Waals surface area (Å²) in [5.74, 6) is -0.146. The summed E-state index contributed by atoms with van der Waals surface area (Å²) in [7, 11) is 0. The third kappa shape index (κ3) is 5.77. The van der Waals surface area contributed by atoms with Crippen LogP contribution in [0.4, 0.5) is 13.2 Å². The lowest BCUT2D eigenvalue weighted by atomic mass is 10.1. The van der Waals surface area contributed by atoms with Gasteiger partial charge in [-0.15, -0.1) is 0 Å². The van der Waals surface area contributed by atoms with Crippen LogP contribution >= 0.6 is 0 Å². The van der Waals surface area contributed by atoms with E-state index in [0.29, 0.717) is 13.0 Å². The fourth-order valence-corrected chi connectivity index (χ4v) is 1.43. The molecule has 1 unspecified atom stereocenters. The summed E-state index contributed by atoms with van der Waals surface area (Å²) >= 11 is 0. The summed E-state index contributed by atoms with van der Waals surface area (Å²) in [6, 6.07) is -0.642. The molecule has 0 heterocycles. The molecule has 0 bridgehead atoms. The van der Waals surface area contributed by atoms with Crippen molar-refractivity contribution >= 4 is 5.78 Å². The van der Waals surface area contributed by atoms with Gasteiger partial charge in [-0.05, 0) is 19.9 Å². The first kappa shape index (κ1) is 14.4. The van der Waals surface area contributed by atoms with Gasteiger partial charge in [0.1, 0.15) is 5.78 Å². The Hall–Kier alpha value is -0.580. The van der Waals surface area contributed by atoms with Crippen LogP contribution in [0.5, 0.6) is 0 Å². The van der Waals surface area contributed by atoms with E-state index in [1.807, 2.05) is 0 Å². The highest BCUT2D eigenvalue weighted by atomic mass is 19.4. The van der Waals surface area contributed by atoms with Crippen molar-refractivity contribution in [3.63, 3.8) is 0 Å². The van der Waals surface area contributed by atoms with E-state index in [9.17, 15) is 18.0 Å². The number of halogens is 3. The van der Waals surface area contributed by atoms with E-state index in [-0.39, 0.29) is 12.2 Å². The Morgan fingerprint density at radius 2 is 1.87 bits per heavy atom. The van der Waals surface area contributed by atoms with Crippen LogP contribution in [0.2, 0.25) is 0 Å². The van der Waals surface area contributed by atoms with Crippen molar-refractivity contribution in [3.8, 4) is 0 Å². The molecule has 0 aromatic carbocycles. The summed E-state index contributed by atoms with van der Waals surface area (Å²) in [5.41, 5.74) is 0. The fraction of sp³-hybridized carbons (Fsp3) is 0.900. The number of carbonyl (C=O) groups excluding carboxylic acids is 1. The minimum absolute atomic E-state index is 0.146. The van der Waals surface area contributed by atoms with Crippen LogP contribution in [0.15, 0.2) is 0 Å². The average molecular weight is 225 g/mol. The Labute approximate surface area is 88.4 Å². The molecule has 15 heavy (non-hydrogen) atoms. The van der Waals surface area contributed by atoms with Gasteiger partial charge in [0.25, 0.3) is 0 Å². The minimum atomic E-state index is -4.24. The molecular formula is C10H18F3NO. The molecule has 0 aliphatic heterocycles. The summed E-state index contributed by atoms with van der Waals surface area (Å²) in [4.78, 5) is 12.5. The molecule has 0 aliphatic carbocycles. The zero-order valence-corrected chi connectivity index (χ0v) is 9.40. The van der Waals surface area contributed by atoms with Crippen molar-refractivity contribution in [1.29, 1.82) is 0 Å². The Morgan fingerprint density at radius 1 is 1.33 bits per heavy atom. The number of carbonyl (C=O) groups is 1. The average Bonchev–Trinajstić information content (AvgIpc) is 2.13. The number of hydrogen-bond donors (Lipinski definition) is 0. The molecule has 0 fully saturated rings. The second-order valence-corrected chi connectivity index (χ2v) is 3.58. The molecule has 0 amide bonds. The molecular weight excluding hydrogens is 207 g/mol. The van der Waals surface area contributed by atoms with Crippen LogP contribution in [0.1, 0.15) is 33.6 Å². The molecule has 0 N–H and O–H groups in total. The first-order valence-electron chi connectivity index (χ1n) is 5.15. The molecule has 90 valence electrons. The molecule has 2 nitrogen and oxygen atoms in total. The third-order valence-corrected chi connectivity index (χ3v) is 2.26. The molecule has 0 aromatic rings. The van der Waals surface area contributed by atoms with Gasteiger partial charge in [0.05, 0.1) is 12.6 Å². The van der Waals surface area contributed by atoms with Crippen LogP contribution in [-0.2, 0) is 4.79 Å². The van der Waals surface area contributed by atoms with E-state index in [0.717, 1.165) is 0 Å². The summed E-state index contributed by atoms with van der Waals surface area (Å²) in [6.07, 6.45) is -3.35. The topological polar surface area (TPSA) is 20.3 Å². The second-order valence-electron chi connectivity index (χ2n) is 3.58. The normalized spacial score (nSPS) is 14.3. The number of nitrogens with zero attached hydrogens (tertiary/aromatic N) is 1. The lowest BCUT2D eigenvalue weighted by Gasteiger charge is -2.28. The summed E-state index contributed by atoms with van der Waals surface area (Å²) < 4.78 is 36.6. The molecule has 1 atom stereocenters. The van der Waals surface area contributed by atoms with Gasteiger partial charge < -0.3 is 0 Å². The van der Waals surface area contributed by atoms with Crippen LogP contribution in [0.3, 0.4) is 0 Å². The van der Waals surface area contributed by atoms with Gasteiger partial charge in [-0.1, -0.05) is 13.8 Å². The standard InChI is InChI=1S/C10H18F3NO/c1-4-6-14(7-10(11,12)13)8(3)9(15)5-2/h8H,4-7H2,1-3H3. The second kappa shape index (κ2) is 6.10. The maximum absolute atomic E-state index is 12.2. The summed E-state index contributed by atoms with van der Waals surface area (Å²) in [5, 5.41) is 0. The maximum Gasteiger partial charge on any atom is 0.401 e. The first-order chi connectivity index (χ1) is 6.81. The van der Waals surface area contributed by atoms with Gasteiger partial charge in [0.2, 0.25) is 0 Å². The van der Waals surface area contributed by atoms with E-state index in [1.165, 1.54) is 11.8 Å². The predicted molar refractivity (Wildman–Crippen MR) is 52.7 cm³/mol. The van der Waals surface area contributed by atoms with Crippen molar-refractivity contribution in [1.82, 2.24) is 4.90 Å². The van der Waals surface area contributed by atoms with Crippen molar-refractivity contribution in [3.05, 3.63) is 0 Å². The van der Waals surface area contributed by atoms with E-state index in [2.05, 4.69) is 0 Å². The monoisotopic (exact) mass is 225 g/mol. The molecule has 0 spiro atoms. The molecule has 0 aliphatic rings. The third-order valence-electron chi connectivity index (χ3n) is 2.26. The van der Waals surface area contributed by atoms with Gasteiger partial charge in [-0.25, -0.2) is 0 Å². The quantitative estimate of drug-likeness (QED) is 0.692. The Morgan fingerprint density at radius 3 is 2.20 bits per heavy atom. The Balaban J connectivity index is 4.44. The smallest absolute Gasteiger partial charge is 0.298 e. The summed E-state index contributed by atoms with van der Waals surface area (Å²) in [6.45, 7) is 4.29. The van der Waals surface area contributed by atoms with E-state index < -0.39 is 18.8 Å². The van der Waals surface area contributed by atoms with Gasteiger partial charge >= 0.3 is 6.18 Å². The number of Topliss-reactive ketones (excluding diaryl/α,β-unsaturated/α-hetero) is 1. The van der Waals surface area contributed by atoms with Crippen LogP contribution in [0, 0.1) is 0 Å². The predicted octanol–water partition coefficient (Wildman–Crippen LogP) is 2.63. The van der Waals surface area contributed by atoms with Crippen molar-refractivity contribution < 1.29 is 18.0 Å². The lowest BCUT2D eigenvalue weighted by Crippen LogP contribution is -2.44. The first-order valence-corrected chi connectivity index (χ1v) is 5.15. The minimum Gasteiger partial charge on any atom is -0.298 e. The highest BCUT2D eigenvalue weighted by Gasteiger charge is 2.33. The van der Waals surface area contributed by atoms with E-state index in [4.69, 9.17) is 0 Å². The van der Waals surface area contributed by atoms with Gasteiger partial charge in [-0.2, -0.15) is 13.2 Å². The largest absolute Gasteiger partial charge is 0.401 e. The zero-order chi connectivity index (χ0) is 12.1. The van der Waals surface area contributed by atoms with Crippen LogP contribution in [0.25, 0.3) is 0 Å². The number of rotatable bonds is 6. The molecule has 0 radical (unpaired) electrons. The van der Waals surface area contributed by atoms with Crippen LogP contribution < -0.4 is 0 Å². The highest BCUT2D eigenvalue weighted by Crippen LogP contribution is 2.18. The number of alkyl halides is 3. The van der Waals surface area contributed by atoms with E-state index >= 15 is 0 Å². The Bertz CT molecular complexity index is 203. The molecule has 0 rings (SSSR count). The molecule has 0 saturated carbocycles. The lowest BCUT2D eigenvalue weighted by molar-refractivity contribution is -0.153. The SMILES string of the molecule is CCCN(CC(F)(F)F)C(C)C(=O)CC. The van der Waals surface area contributed by atoms with Gasteiger partial charge in [-0.3, -0.25) is 9.69 Å². The Kier molecular flexibility index (Phi) is 5.87. The molecule has 5 heteroatoms. The highest BCUT2D eigenvalue weighted by molar-refractivity contribution is 5.83. The fourth-order valence-electron chi connectivity index (χ4n) is 1.43. The molecule has 0 aromatic heterocycles. The van der Waals surface area contributed by atoms with E-state index in [1.54, 1.807) is 13.8 Å². The van der Waals surface area contributed by atoms with Gasteiger partial charge in [0, 0.05) is 6.42 Å². The number of hydrogen-bond acceptors (Lipinski definition) is 2. The zero-order valence-electron chi connectivity index (χ0n) is 9.40. The van der Waals surface area contributed by atoms with Crippen molar-refractivity contribution in [2.75, 3.05) is 13.1 Å². The maximum atomic E-state index is 12.2. The van der Waals surface area contributed by atoms with Crippen molar-refractivity contribution in [2.24, 2.45) is 0 Å². The van der Waals surface area contributed by atoms with Gasteiger partial charge in [0.15, 0.2) is 0 Å². The molecule has 0 saturated heterocycles.